The Hall–Kier alpha value is 0.290. The van der Waals surface area contributed by atoms with Crippen molar-refractivity contribution < 1.29 is 12.4 Å². The Kier molecular flexibility index (Phi) is 8.43. The fraction of sp³-hybridized carbons (Fsp3) is 1.00. The summed E-state index contributed by atoms with van der Waals surface area (Å²) in [7, 11) is 0. The molecule has 6 heavy (non-hydrogen) atoms. The molecule has 1 heteroatoms. The summed E-state index contributed by atoms with van der Waals surface area (Å²) >= 11 is 0. The summed E-state index contributed by atoms with van der Waals surface area (Å²) in [6.07, 6.45) is 1.31. The van der Waals surface area contributed by atoms with Crippen molar-refractivity contribution in [2.75, 3.05) is 0 Å². The molecular weight excluding hydrogens is 95.5 g/mol. The first-order chi connectivity index (χ1) is 2.27. The normalized spacial score (nSPS) is 8.00. The van der Waals surface area contributed by atoms with Crippen LogP contribution in [0.4, 0.5) is 0 Å². The van der Waals surface area contributed by atoms with Gasteiger partial charge in [0, 0.05) is 0 Å². The molecule has 0 N–H and O–H groups in total. The molecule has 0 aromatic heterocycles. The average Bonchev–Trinajstić information content (AvgIpc) is 1.38. The first-order valence-electron chi connectivity index (χ1n) is 2.27. The van der Waals surface area contributed by atoms with Crippen LogP contribution in [0.15, 0.2) is 0 Å². The third-order valence-corrected chi connectivity index (χ3v) is 0.816. The average molecular weight is 108 g/mol. The van der Waals surface area contributed by atoms with E-state index in [1.54, 1.807) is 0 Å². The number of halogens is 1. The van der Waals surface area contributed by atoms with Gasteiger partial charge in [-0.2, -0.15) is 0 Å². The first-order valence-corrected chi connectivity index (χ1v) is 2.27. The van der Waals surface area contributed by atoms with Gasteiger partial charge in [0.1, 0.15) is 0 Å². The maximum atomic E-state index is 2.22. The van der Waals surface area contributed by atoms with Gasteiger partial charge in [0.05, 0.1) is 0 Å². The van der Waals surface area contributed by atoms with E-state index in [4.69, 9.17) is 0 Å². The lowest BCUT2D eigenvalue weighted by molar-refractivity contribution is -0.00000137. The Bertz CT molecular complexity index is 17.9. The summed E-state index contributed by atoms with van der Waals surface area (Å²) in [4.78, 5) is 0. The van der Waals surface area contributed by atoms with Gasteiger partial charge in [0.2, 0.25) is 0 Å². The van der Waals surface area contributed by atoms with Gasteiger partial charge < -0.3 is 12.4 Å². The molecule has 0 atom stereocenters. The lowest BCUT2D eigenvalue weighted by atomic mass is 10.2. The molecule has 0 saturated heterocycles. The number of hydrogen-bond donors (Lipinski definition) is 0. The predicted molar refractivity (Wildman–Crippen MR) is 25.1 cm³/mol. The summed E-state index contributed by atoms with van der Waals surface area (Å²) in [6, 6.07) is 0. The predicted octanol–water partition coefficient (Wildman–Crippen LogP) is -0.944. The number of rotatable bonds is 1. The Morgan fingerprint density at radius 1 is 1.33 bits per heavy atom. The highest BCUT2D eigenvalue weighted by atomic mass is 35.5. The monoisotopic (exact) mass is 107 g/mol. The van der Waals surface area contributed by atoms with Crippen molar-refractivity contribution >= 4 is 0 Å². The summed E-state index contributed by atoms with van der Waals surface area (Å²) in [5.41, 5.74) is 0. The molecule has 0 aliphatic carbocycles. The van der Waals surface area contributed by atoms with Crippen LogP contribution in [0.5, 0.6) is 0 Å². The molecule has 0 unspecified atom stereocenters. The molecule has 0 radical (unpaired) electrons. The van der Waals surface area contributed by atoms with Crippen molar-refractivity contribution in [2.45, 2.75) is 27.2 Å². The Labute approximate surface area is 46.4 Å². The molecule has 0 saturated carbocycles. The Morgan fingerprint density at radius 3 is 1.50 bits per heavy atom. The first kappa shape index (κ1) is 9.56. The fourth-order valence-electron chi connectivity index (χ4n) is 0. The molecule has 0 spiro atoms. The minimum Gasteiger partial charge on any atom is -1.00 e. The SMILES string of the molecule is CCC(C)C.[Cl-]. The van der Waals surface area contributed by atoms with Gasteiger partial charge in [-0.25, -0.2) is 0 Å². The topological polar surface area (TPSA) is 0 Å². The van der Waals surface area contributed by atoms with E-state index in [1.807, 2.05) is 0 Å². The summed E-state index contributed by atoms with van der Waals surface area (Å²) < 4.78 is 0. The van der Waals surface area contributed by atoms with Gasteiger partial charge in [-0.3, -0.25) is 0 Å². The van der Waals surface area contributed by atoms with E-state index in [-0.39, 0.29) is 12.4 Å². The minimum absolute atomic E-state index is 0. The van der Waals surface area contributed by atoms with Crippen molar-refractivity contribution in [3.05, 3.63) is 0 Å². The van der Waals surface area contributed by atoms with Crippen LogP contribution in [0.1, 0.15) is 27.2 Å². The summed E-state index contributed by atoms with van der Waals surface area (Å²) in [5.74, 6) is 0.884. The summed E-state index contributed by atoms with van der Waals surface area (Å²) in [5, 5.41) is 0. The van der Waals surface area contributed by atoms with Gasteiger partial charge in [0.15, 0.2) is 0 Å². The molecule has 0 rings (SSSR count). The van der Waals surface area contributed by atoms with Gasteiger partial charge >= 0.3 is 0 Å². The quantitative estimate of drug-likeness (QED) is 0.406. The molecule has 0 nitrogen and oxygen atoms in total. The van der Waals surface area contributed by atoms with Crippen molar-refractivity contribution in [1.82, 2.24) is 0 Å². The van der Waals surface area contributed by atoms with Crippen LogP contribution in [0.3, 0.4) is 0 Å². The Balaban J connectivity index is 0. The van der Waals surface area contributed by atoms with Gasteiger partial charge in [-0.1, -0.05) is 27.2 Å². The second kappa shape index (κ2) is 5.29. The van der Waals surface area contributed by atoms with E-state index in [9.17, 15) is 0 Å². The van der Waals surface area contributed by atoms with E-state index >= 15 is 0 Å². The number of hydrogen-bond acceptors (Lipinski definition) is 0. The zero-order valence-corrected chi connectivity index (χ0v) is 5.42. The van der Waals surface area contributed by atoms with Crippen LogP contribution in [0, 0.1) is 5.92 Å². The molecule has 0 aliphatic heterocycles. The van der Waals surface area contributed by atoms with E-state index in [1.165, 1.54) is 6.42 Å². The third-order valence-electron chi connectivity index (χ3n) is 0.816. The van der Waals surface area contributed by atoms with Crippen LogP contribution in [0.2, 0.25) is 0 Å². The zero-order valence-electron chi connectivity index (χ0n) is 4.66. The summed E-state index contributed by atoms with van der Waals surface area (Å²) in [6.45, 7) is 6.64. The molecule has 0 aliphatic rings. The lowest BCUT2D eigenvalue weighted by Crippen LogP contribution is -3.00. The van der Waals surface area contributed by atoms with E-state index < -0.39 is 0 Å². The van der Waals surface area contributed by atoms with Crippen molar-refractivity contribution in [2.24, 2.45) is 5.92 Å². The standard InChI is InChI=1S/C5H12.ClH/c1-4-5(2)3;/h5H,4H2,1-3H3;1H/p-1. The van der Waals surface area contributed by atoms with Crippen molar-refractivity contribution in [1.29, 1.82) is 0 Å². The fourth-order valence-corrected chi connectivity index (χ4v) is 0. The van der Waals surface area contributed by atoms with Crippen LogP contribution >= 0.6 is 0 Å². The van der Waals surface area contributed by atoms with E-state index in [0.717, 1.165) is 5.92 Å². The van der Waals surface area contributed by atoms with E-state index in [0.29, 0.717) is 0 Å². The van der Waals surface area contributed by atoms with Crippen LogP contribution in [-0.2, 0) is 0 Å². The smallest absolute Gasteiger partial charge is 0.0474 e. The highest BCUT2D eigenvalue weighted by Crippen LogP contribution is 1.93. The molecule has 40 valence electrons. The maximum Gasteiger partial charge on any atom is -0.0474 e. The van der Waals surface area contributed by atoms with Gasteiger partial charge in [0.25, 0.3) is 0 Å². The molecular formula is C5H12Cl-. The van der Waals surface area contributed by atoms with Crippen LogP contribution in [-0.4, -0.2) is 0 Å². The Morgan fingerprint density at radius 2 is 1.50 bits per heavy atom. The molecule has 0 amide bonds. The highest BCUT2D eigenvalue weighted by Gasteiger charge is 1.80. The van der Waals surface area contributed by atoms with E-state index in [2.05, 4.69) is 20.8 Å². The zero-order chi connectivity index (χ0) is 4.28. The van der Waals surface area contributed by atoms with Crippen LogP contribution < -0.4 is 12.4 Å². The van der Waals surface area contributed by atoms with Crippen molar-refractivity contribution in [3.63, 3.8) is 0 Å². The molecule has 0 aromatic rings. The second-order valence-electron chi connectivity index (χ2n) is 1.80. The lowest BCUT2D eigenvalue weighted by Gasteiger charge is -1.90. The molecule has 0 heterocycles. The molecule has 0 fully saturated rings. The van der Waals surface area contributed by atoms with Gasteiger partial charge in [-0.15, -0.1) is 0 Å². The highest BCUT2D eigenvalue weighted by molar-refractivity contribution is 4.32. The second-order valence-corrected chi connectivity index (χ2v) is 1.80. The van der Waals surface area contributed by atoms with Crippen LogP contribution in [0.25, 0.3) is 0 Å². The minimum atomic E-state index is 0. The maximum absolute atomic E-state index is 2.22. The third kappa shape index (κ3) is 8.85. The van der Waals surface area contributed by atoms with Gasteiger partial charge in [-0.05, 0) is 5.92 Å². The largest absolute Gasteiger partial charge is 1.00 e. The van der Waals surface area contributed by atoms with Crippen molar-refractivity contribution in [3.8, 4) is 0 Å². The molecule has 0 aromatic carbocycles. The molecule has 0 bridgehead atoms.